The average molecular weight is 178 g/mol. The van der Waals surface area contributed by atoms with E-state index < -0.39 is 0 Å². The Morgan fingerprint density at radius 3 is 2.92 bits per heavy atom. The molecule has 2 rings (SSSR count). The van der Waals surface area contributed by atoms with E-state index in [9.17, 15) is 0 Å². The molecule has 13 heavy (non-hydrogen) atoms. The van der Waals surface area contributed by atoms with E-state index in [0.29, 0.717) is 6.04 Å². The minimum absolute atomic E-state index is 0.676. The third-order valence-corrected chi connectivity index (χ3v) is 3.10. The topological polar surface area (TPSA) is 17.8 Å². The van der Waals surface area contributed by atoms with E-state index >= 15 is 0 Å². The number of rotatable bonds is 2. The molecule has 0 amide bonds. The molecule has 0 aromatic carbocycles. The number of aromatic nitrogens is 2. The SMILES string of the molecule is CCc1cnn(C2CCC(C)C2)c1. The summed E-state index contributed by atoms with van der Waals surface area (Å²) in [5.74, 6) is 0.888. The Morgan fingerprint density at radius 1 is 1.54 bits per heavy atom. The van der Waals surface area contributed by atoms with Gasteiger partial charge in [0.15, 0.2) is 0 Å². The van der Waals surface area contributed by atoms with Crippen molar-refractivity contribution in [3.8, 4) is 0 Å². The fourth-order valence-electron chi connectivity index (χ4n) is 2.18. The van der Waals surface area contributed by atoms with E-state index in [4.69, 9.17) is 0 Å². The largest absolute Gasteiger partial charge is 0.269 e. The van der Waals surface area contributed by atoms with Gasteiger partial charge in [-0.15, -0.1) is 0 Å². The van der Waals surface area contributed by atoms with E-state index in [1.807, 2.05) is 6.20 Å². The Balaban J connectivity index is 2.08. The van der Waals surface area contributed by atoms with Gasteiger partial charge in [0.1, 0.15) is 0 Å². The summed E-state index contributed by atoms with van der Waals surface area (Å²) in [5, 5.41) is 4.42. The third kappa shape index (κ3) is 1.77. The summed E-state index contributed by atoms with van der Waals surface area (Å²) in [7, 11) is 0. The maximum absolute atomic E-state index is 4.42. The molecule has 2 atom stereocenters. The molecule has 1 heterocycles. The van der Waals surface area contributed by atoms with Gasteiger partial charge in [0.05, 0.1) is 12.2 Å². The Kier molecular flexibility index (Phi) is 2.38. The van der Waals surface area contributed by atoms with Gasteiger partial charge in [0.2, 0.25) is 0 Å². The standard InChI is InChI=1S/C11H18N2/c1-3-10-7-12-13(8-10)11-5-4-9(2)6-11/h7-9,11H,3-6H2,1-2H3. The van der Waals surface area contributed by atoms with Crippen LogP contribution in [0.3, 0.4) is 0 Å². The summed E-state index contributed by atoms with van der Waals surface area (Å²) in [6, 6.07) is 0.676. The highest BCUT2D eigenvalue weighted by Crippen LogP contribution is 2.33. The lowest BCUT2D eigenvalue weighted by molar-refractivity contribution is 0.450. The van der Waals surface area contributed by atoms with Crippen molar-refractivity contribution in [3.05, 3.63) is 18.0 Å². The van der Waals surface area contributed by atoms with Crippen LogP contribution in [0.15, 0.2) is 12.4 Å². The lowest BCUT2D eigenvalue weighted by Gasteiger charge is -2.09. The lowest BCUT2D eigenvalue weighted by atomic mass is 10.1. The fraction of sp³-hybridized carbons (Fsp3) is 0.727. The zero-order chi connectivity index (χ0) is 9.26. The van der Waals surface area contributed by atoms with E-state index in [-0.39, 0.29) is 0 Å². The first-order chi connectivity index (χ1) is 6.29. The van der Waals surface area contributed by atoms with Crippen LogP contribution in [0, 0.1) is 5.92 Å². The second kappa shape index (κ2) is 3.52. The van der Waals surface area contributed by atoms with Crippen molar-refractivity contribution >= 4 is 0 Å². The maximum Gasteiger partial charge on any atom is 0.0522 e. The van der Waals surface area contributed by atoms with Crippen LogP contribution in [0.5, 0.6) is 0 Å². The van der Waals surface area contributed by atoms with E-state index in [1.165, 1.54) is 24.8 Å². The molecule has 0 aliphatic heterocycles. The lowest BCUT2D eigenvalue weighted by Crippen LogP contribution is -2.05. The van der Waals surface area contributed by atoms with Crippen LogP contribution in [-0.4, -0.2) is 9.78 Å². The highest BCUT2D eigenvalue weighted by molar-refractivity contribution is 5.04. The molecule has 72 valence electrons. The number of hydrogen-bond acceptors (Lipinski definition) is 1. The molecule has 2 nitrogen and oxygen atoms in total. The highest BCUT2D eigenvalue weighted by atomic mass is 15.3. The molecule has 2 heteroatoms. The molecule has 0 bridgehead atoms. The summed E-state index contributed by atoms with van der Waals surface area (Å²) in [6.07, 6.45) is 9.30. The molecule has 0 N–H and O–H groups in total. The molecule has 0 saturated heterocycles. The average Bonchev–Trinajstić information content (AvgIpc) is 2.71. The monoisotopic (exact) mass is 178 g/mol. The Labute approximate surface area is 80.0 Å². The molecule has 1 saturated carbocycles. The molecule has 1 aromatic rings. The minimum Gasteiger partial charge on any atom is -0.269 e. The van der Waals surface area contributed by atoms with Gasteiger partial charge in [-0.3, -0.25) is 4.68 Å². The maximum atomic E-state index is 4.42. The minimum atomic E-state index is 0.676. The van der Waals surface area contributed by atoms with Crippen LogP contribution >= 0.6 is 0 Å². The van der Waals surface area contributed by atoms with Gasteiger partial charge in [-0.2, -0.15) is 5.10 Å². The van der Waals surface area contributed by atoms with Crippen molar-refractivity contribution in [2.24, 2.45) is 5.92 Å². The Bertz CT molecular complexity index is 277. The number of nitrogens with zero attached hydrogens (tertiary/aromatic N) is 2. The molecule has 1 aliphatic rings. The molecule has 1 aromatic heterocycles. The number of aryl methyl sites for hydroxylation is 1. The molecule has 2 unspecified atom stereocenters. The van der Waals surface area contributed by atoms with Crippen LogP contribution < -0.4 is 0 Å². The first kappa shape index (κ1) is 8.79. The molecule has 1 fully saturated rings. The number of hydrogen-bond donors (Lipinski definition) is 0. The van der Waals surface area contributed by atoms with Gasteiger partial charge in [-0.1, -0.05) is 13.8 Å². The molecular weight excluding hydrogens is 160 g/mol. The van der Waals surface area contributed by atoms with E-state index in [0.717, 1.165) is 12.3 Å². The van der Waals surface area contributed by atoms with Gasteiger partial charge in [0, 0.05) is 6.20 Å². The summed E-state index contributed by atoms with van der Waals surface area (Å²) < 4.78 is 2.17. The summed E-state index contributed by atoms with van der Waals surface area (Å²) >= 11 is 0. The fourth-order valence-corrected chi connectivity index (χ4v) is 2.18. The second-order valence-electron chi connectivity index (χ2n) is 4.25. The molecule has 0 radical (unpaired) electrons. The van der Waals surface area contributed by atoms with Crippen molar-refractivity contribution in [2.75, 3.05) is 0 Å². The first-order valence-corrected chi connectivity index (χ1v) is 5.32. The van der Waals surface area contributed by atoms with Crippen LogP contribution in [0.25, 0.3) is 0 Å². The predicted molar refractivity (Wildman–Crippen MR) is 53.7 cm³/mol. The van der Waals surface area contributed by atoms with Crippen molar-refractivity contribution < 1.29 is 0 Å². The molecular formula is C11H18N2. The Hall–Kier alpha value is -0.790. The van der Waals surface area contributed by atoms with E-state index in [1.54, 1.807) is 0 Å². The van der Waals surface area contributed by atoms with Crippen molar-refractivity contribution in [2.45, 2.75) is 45.6 Å². The van der Waals surface area contributed by atoms with Gasteiger partial charge < -0.3 is 0 Å². The molecule has 1 aliphatic carbocycles. The highest BCUT2D eigenvalue weighted by Gasteiger charge is 2.22. The van der Waals surface area contributed by atoms with Gasteiger partial charge in [-0.25, -0.2) is 0 Å². The molecule has 0 spiro atoms. The van der Waals surface area contributed by atoms with Crippen LogP contribution in [-0.2, 0) is 6.42 Å². The van der Waals surface area contributed by atoms with Crippen molar-refractivity contribution in [1.29, 1.82) is 0 Å². The summed E-state index contributed by atoms with van der Waals surface area (Å²) in [4.78, 5) is 0. The van der Waals surface area contributed by atoms with E-state index in [2.05, 4.69) is 29.8 Å². The van der Waals surface area contributed by atoms with Gasteiger partial charge in [-0.05, 0) is 37.2 Å². The normalized spacial score (nSPS) is 28.2. The smallest absolute Gasteiger partial charge is 0.0522 e. The third-order valence-electron chi connectivity index (χ3n) is 3.10. The second-order valence-corrected chi connectivity index (χ2v) is 4.25. The summed E-state index contributed by atoms with van der Waals surface area (Å²) in [5.41, 5.74) is 1.36. The van der Waals surface area contributed by atoms with Crippen molar-refractivity contribution in [3.63, 3.8) is 0 Å². The van der Waals surface area contributed by atoms with Crippen LogP contribution in [0.4, 0.5) is 0 Å². The Morgan fingerprint density at radius 2 is 2.38 bits per heavy atom. The summed E-state index contributed by atoms with van der Waals surface area (Å²) in [6.45, 7) is 4.52. The van der Waals surface area contributed by atoms with Crippen LogP contribution in [0.1, 0.15) is 44.7 Å². The predicted octanol–water partition coefficient (Wildman–Crippen LogP) is 2.81. The van der Waals surface area contributed by atoms with Gasteiger partial charge in [0.25, 0.3) is 0 Å². The quantitative estimate of drug-likeness (QED) is 0.681. The zero-order valence-electron chi connectivity index (χ0n) is 8.53. The van der Waals surface area contributed by atoms with Crippen LogP contribution in [0.2, 0.25) is 0 Å². The van der Waals surface area contributed by atoms with Gasteiger partial charge >= 0.3 is 0 Å². The van der Waals surface area contributed by atoms with Crippen molar-refractivity contribution in [1.82, 2.24) is 9.78 Å². The first-order valence-electron chi connectivity index (χ1n) is 5.32. The zero-order valence-corrected chi connectivity index (χ0v) is 8.53.